The fourth-order valence-electron chi connectivity index (χ4n) is 5.02. The van der Waals surface area contributed by atoms with Gasteiger partial charge >= 0.3 is 0 Å². The van der Waals surface area contributed by atoms with Crippen LogP contribution >= 0.6 is 0 Å². The van der Waals surface area contributed by atoms with Crippen molar-refractivity contribution in [3.63, 3.8) is 0 Å². The number of carbonyl (C=O) groups is 2. The van der Waals surface area contributed by atoms with E-state index < -0.39 is 6.10 Å². The molecule has 1 aromatic carbocycles. The third-order valence-corrected chi connectivity index (χ3v) is 6.88. The van der Waals surface area contributed by atoms with Gasteiger partial charge < -0.3 is 20.1 Å². The van der Waals surface area contributed by atoms with Crippen LogP contribution < -0.4 is 10.1 Å². The first-order valence-electron chi connectivity index (χ1n) is 13.0. The molecule has 1 heterocycles. The van der Waals surface area contributed by atoms with E-state index in [1.165, 1.54) is 44.9 Å². The molecule has 1 aromatic rings. The lowest BCUT2D eigenvalue weighted by atomic mass is 9.86. The number of unbranched alkanes of at least 4 members (excludes halogenated alkanes) is 2. The number of amides is 2. The molecule has 1 saturated carbocycles. The summed E-state index contributed by atoms with van der Waals surface area (Å²) >= 11 is 0. The number of hydrogen-bond donors (Lipinski definition) is 2. The van der Waals surface area contributed by atoms with E-state index in [1.807, 2.05) is 23.1 Å². The fourth-order valence-corrected chi connectivity index (χ4v) is 5.02. The lowest BCUT2D eigenvalue weighted by Gasteiger charge is -2.25. The van der Waals surface area contributed by atoms with Crippen LogP contribution in [0.5, 0.6) is 5.75 Å². The summed E-state index contributed by atoms with van der Waals surface area (Å²) in [4.78, 5) is 26.1. The summed E-state index contributed by atoms with van der Waals surface area (Å²) in [6.45, 7) is 3.49. The molecule has 1 unspecified atom stereocenters. The highest BCUT2D eigenvalue weighted by Gasteiger charge is 2.17. The summed E-state index contributed by atoms with van der Waals surface area (Å²) in [5, 5.41) is 12.7. The number of fused-ring (bicyclic) bond motifs is 1. The van der Waals surface area contributed by atoms with Crippen LogP contribution in [0.2, 0.25) is 0 Å². The molecule has 6 heteroatoms. The second-order valence-corrected chi connectivity index (χ2v) is 9.86. The number of nitrogens with one attached hydrogen (secondary N) is 1. The number of aliphatic hydroxyl groups excluding tert-OH is 1. The smallest absolute Gasteiger partial charge is 0.224 e. The van der Waals surface area contributed by atoms with Gasteiger partial charge in [0.05, 0.1) is 12.7 Å². The maximum absolute atomic E-state index is 12.7. The van der Waals surface area contributed by atoms with E-state index in [1.54, 1.807) is 6.92 Å². The number of anilines is 1. The molecule has 184 valence electrons. The predicted molar refractivity (Wildman–Crippen MR) is 131 cm³/mol. The summed E-state index contributed by atoms with van der Waals surface area (Å²) in [5.41, 5.74) is 1.99. The number of hydrogen-bond acceptors (Lipinski definition) is 4. The van der Waals surface area contributed by atoms with Crippen molar-refractivity contribution in [3.8, 4) is 5.75 Å². The molecule has 6 nitrogen and oxygen atoms in total. The molecule has 3 rings (SSSR count). The molecule has 2 aliphatic rings. The lowest BCUT2D eigenvalue weighted by Crippen LogP contribution is -2.37. The van der Waals surface area contributed by atoms with Gasteiger partial charge in [0, 0.05) is 31.6 Å². The molecular weight excluding hydrogens is 416 g/mol. The van der Waals surface area contributed by atoms with Crippen molar-refractivity contribution in [3.05, 3.63) is 23.8 Å². The monoisotopic (exact) mass is 458 g/mol. The Balaban J connectivity index is 1.32. The van der Waals surface area contributed by atoms with E-state index in [0.717, 1.165) is 55.1 Å². The largest absolute Gasteiger partial charge is 0.494 e. The average molecular weight is 459 g/mol. The van der Waals surface area contributed by atoms with Crippen molar-refractivity contribution in [2.24, 2.45) is 5.92 Å². The second kappa shape index (κ2) is 13.6. The predicted octanol–water partition coefficient (Wildman–Crippen LogP) is 5.08. The molecule has 0 saturated heterocycles. The zero-order valence-electron chi connectivity index (χ0n) is 20.3. The summed E-state index contributed by atoms with van der Waals surface area (Å²) in [6, 6.07) is 5.78. The number of aliphatic hydroxyl groups is 1. The molecule has 0 bridgehead atoms. The van der Waals surface area contributed by atoms with Gasteiger partial charge in [-0.15, -0.1) is 0 Å². The van der Waals surface area contributed by atoms with Crippen LogP contribution in [0.1, 0.15) is 89.5 Å². The van der Waals surface area contributed by atoms with E-state index in [9.17, 15) is 14.7 Å². The highest BCUT2D eigenvalue weighted by Crippen LogP contribution is 2.28. The van der Waals surface area contributed by atoms with Crippen LogP contribution in [0.25, 0.3) is 0 Å². The molecule has 2 N–H and O–H groups in total. The van der Waals surface area contributed by atoms with E-state index in [2.05, 4.69) is 5.32 Å². The molecule has 0 spiro atoms. The summed E-state index contributed by atoms with van der Waals surface area (Å²) < 4.78 is 5.87. The van der Waals surface area contributed by atoms with Crippen LogP contribution in [0.15, 0.2) is 18.2 Å². The Morgan fingerprint density at radius 3 is 2.76 bits per heavy atom. The first kappa shape index (κ1) is 25.5. The van der Waals surface area contributed by atoms with E-state index in [0.29, 0.717) is 26.0 Å². The SMILES string of the molecule is CC(O)CN(CCCCC1CCCCC1)C(=O)CCCCOc1ccc2c(c1)CCC(=O)N2. The highest BCUT2D eigenvalue weighted by atomic mass is 16.5. The molecule has 1 aliphatic carbocycles. The van der Waals surface area contributed by atoms with Crippen LogP contribution in [0, 0.1) is 5.92 Å². The highest BCUT2D eigenvalue weighted by molar-refractivity contribution is 5.94. The molecular formula is C27H42N2O4. The lowest BCUT2D eigenvalue weighted by molar-refractivity contribution is -0.132. The fraction of sp³-hybridized carbons (Fsp3) is 0.704. The summed E-state index contributed by atoms with van der Waals surface area (Å²) in [7, 11) is 0. The number of nitrogens with zero attached hydrogens (tertiary/aromatic N) is 1. The van der Waals surface area contributed by atoms with Crippen molar-refractivity contribution < 1.29 is 19.4 Å². The normalized spacial score (nSPS) is 17.2. The summed E-state index contributed by atoms with van der Waals surface area (Å²) in [6.07, 6.45) is 13.2. The number of carbonyl (C=O) groups excluding carboxylic acids is 2. The molecule has 1 aliphatic heterocycles. The minimum atomic E-state index is -0.496. The Hall–Kier alpha value is -2.08. The summed E-state index contributed by atoms with van der Waals surface area (Å²) in [5.74, 6) is 1.89. The second-order valence-electron chi connectivity index (χ2n) is 9.86. The average Bonchev–Trinajstić information content (AvgIpc) is 2.81. The third kappa shape index (κ3) is 9.00. The molecule has 1 fully saturated rings. The molecule has 33 heavy (non-hydrogen) atoms. The van der Waals surface area contributed by atoms with Crippen LogP contribution in [-0.4, -0.2) is 47.6 Å². The Labute approximate surface area is 199 Å². The Bertz CT molecular complexity index is 758. The van der Waals surface area contributed by atoms with Gasteiger partial charge in [0.25, 0.3) is 0 Å². The molecule has 0 aromatic heterocycles. The van der Waals surface area contributed by atoms with Gasteiger partial charge in [0.15, 0.2) is 0 Å². The van der Waals surface area contributed by atoms with Crippen LogP contribution in [-0.2, 0) is 16.0 Å². The zero-order chi connectivity index (χ0) is 23.5. The first-order chi connectivity index (χ1) is 16.0. The minimum absolute atomic E-state index is 0.0645. The van der Waals surface area contributed by atoms with Crippen molar-refractivity contribution in [1.29, 1.82) is 0 Å². The van der Waals surface area contributed by atoms with Gasteiger partial charge in [-0.05, 0) is 62.3 Å². The number of rotatable bonds is 13. The molecule has 0 radical (unpaired) electrons. The maximum Gasteiger partial charge on any atom is 0.224 e. The molecule has 2 amide bonds. The maximum atomic E-state index is 12.7. The van der Waals surface area contributed by atoms with E-state index >= 15 is 0 Å². The number of aryl methyl sites for hydroxylation is 1. The van der Waals surface area contributed by atoms with E-state index in [4.69, 9.17) is 4.74 Å². The van der Waals surface area contributed by atoms with Gasteiger partial charge in [0.2, 0.25) is 11.8 Å². The van der Waals surface area contributed by atoms with Gasteiger partial charge in [0.1, 0.15) is 5.75 Å². The van der Waals surface area contributed by atoms with Crippen molar-refractivity contribution in [1.82, 2.24) is 4.90 Å². The standard InChI is InChI=1S/C27H42N2O4/c1-21(30)20-29(17-7-5-11-22-9-3-2-4-10-22)27(32)12-6-8-18-33-24-14-15-25-23(19-24)13-16-26(31)28-25/h14-15,19,21-22,30H,2-13,16-18,20H2,1H3,(H,28,31). The Kier molecular flexibility index (Phi) is 10.5. The van der Waals surface area contributed by atoms with Gasteiger partial charge in [-0.2, -0.15) is 0 Å². The van der Waals surface area contributed by atoms with Crippen molar-refractivity contribution >= 4 is 17.5 Å². The van der Waals surface area contributed by atoms with Gasteiger partial charge in [-0.1, -0.05) is 44.9 Å². The van der Waals surface area contributed by atoms with Crippen LogP contribution in [0.4, 0.5) is 5.69 Å². The minimum Gasteiger partial charge on any atom is -0.494 e. The topological polar surface area (TPSA) is 78.9 Å². The third-order valence-electron chi connectivity index (χ3n) is 6.88. The molecule has 1 atom stereocenters. The van der Waals surface area contributed by atoms with Gasteiger partial charge in [-0.3, -0.25) is 9.59 Å². The Morgan fingerprint density at radius 2 is 1.97 bits per heavy atom. The Morgan fingerprint density at radius 1 is 1.15 bits per heavy atom. The van der Waals surface area contributed by atoms with Crippen LogP contribution in [0.3, 0.4) is 0 Å². The zero-order valence-corrected chi connectivity index (χ0v) is 20.3. The number of ether oxygens (including phenoxy) is 1. The van der Waals surface area contributed by atoms with Crippen molar-refractivity contribution in [2.75, 3.05) is 25.0 Å². The van der Waals surface area contributed by atoms with Gasteiger partial charge in [-0.25, -0.2) is 0 Å². The quantitative estimate of drug-likeness (QED) is 0.404. The first-order valence-corrected chi connectivity index (χ1v) is 13.0. The van der Waals surface area contributed by atoms with E-state index in [-0.39, 0.29) is 11.8 Å². The van der Waals surface area contributed by atoms with Crippen molar-refractivity contribution in [2.45, 2.75) is 96.5 Å². The number of benzene rings is 1.